The molecule has 0 aromatic carbocycles. The van der Waals surface area contributed by atoms with Gasteiger partial charge in [0.25, 0.3) is 0 Å². The Balaban J connectivity index is 1.96. The first kappa shape index (κ1) is 11.7. The number of ether oxygens (including phenoxy) is 1. The maximum absolute atomic E-state index is 10.4. The van der Waals surface area contributed by atoms with Crippen LogP contribution in [0.5, 0.6) is 0 Å². The maximum atomic E-state index is 10.4. The van der Waals surface area contributed by atoms with Crippen molar-refractivity contribution in [2.24, 2.45) is 0 Å². The lowest BCUT2D eigenvalue weighted by atomic mass is 10.1. The molecule has 1 aliphatic rings. The fraction of sp³-hybridized carbons (Fsp3) is 0.600. The second kappa shape index (κ2) is 5.05. The molecule has 0 saturated carbocycles. The second-order valence-corrected chi connectivity index (χ2v) is 4.01. The van der Waals surface area contributed by atoms with Gasteiger partial charge in [0.2, 0.25) is 5.95 Å². The monoisotopic (exact) mass is 238 g/mol. The molecule has 0 radical (unpaired) electrons. The molecule has 0 amide bonds. The third-order valence-corrected chi connectivity index (χ3v) is 2.73. The normalized spacial score (nSPS) is 21.1. The van der Waals surface area contributed by atoms with Crippen LogP contribution >= 0.6 is 0 Å². The number of nitrogens with one attached hydrogen (secondary N) is 1. The van der Waals surface area contributed by atoms with Crippen LogP contribution in [0.2, 0.25) is 0 Å². The molecule has 1 aromatic rings. The van der Waals surface area contributed by atoms with E-state index in [0.717, 1.165) is 19.4 Å². The van der Waals surface area contributed by atoms with E-state index in [-0.39, 0.29) is 17.8 Å². The van der Waals surface area contributed by atoms with Gasteiger partial charge in [0.15, 0.2) is 0 Å². The number of rotatable bonds is 4. The summed E-state index contributed by atoms with van der Waals surface area (Å²) in [5.74, 6) is 0.388. The smallest absolute Gasteiger partial charge is 0.305 e. The van der Waals surface area contributed by atoms with E-state index in [1.165, 1.54) is 12.4 Å². The van der Waals surface area contributed by atoms with E-state index in [1.54, 1.807) is 0 Å². The highest BCUT2D eigenvalue weighted by Gasteiger charge is 2.22. The summed E-state index contributed by atoms with van der Waals surface area (Å²) in [7, 11) is 0. The highest BCUT2D eigenvalue weighted by Crippen LogP contribution is 2.18. The highest BCUT2D eigenvalue weighted by atomic mass is 16.6. The third kappa shape index (κ3) is 2.88. The van der Waals surface area contributed by atoms with Gasteiger partial charge in [0.1, 0.15) is 12.4 Å². The molecule has 1 aliphatic heterocycles. The molecule has 1 aromatic heterocycles. The third-order valence-electron chi connectivity index (χ3n) is 2.73. The Bertz CT molecular complexity index is 389. The summed E-state index contributed by atoms with van der Waals surface area (Å²) in [5.41, 5.74) is -0.111. The predicted molar refractivity (Wildman–Crippen MR) is 60.7 cm³/mol. The zero-order valence-electron chi connectivity index (χ0n) is 9.50. The van der Waals surface area contributed by atoms with E-state index in [9.17, 15) is 10.1 Å². The van der Waals surface area contributed by atoms with Crippen molar-refractivity contribution in [3.63, 3.8) is 0 Å². The zero-order chi connectivity index (χ0) is 12.3. The molecule has 2 rings (SSSR count). The minimum atomic E-state index is -0.521. The standard InChI is InChI=1S/C10H14N4O3/c1-7(9-3-2-4-17-9)13-10-11-5-8(6-12-10)14(15)16/h5-7,9H,2-4H2,1H3,(H,11,12,13). The highest BCUT2D eigenvalue weighted by molar-refractivity contribution is 5.31. The Morgan fingerprint density at radius 3 is 2.82 bits per heavy atom. The molecule has 0 aliphatic carbocycles. The van der Waals surface area contributed by atoms with Crippen molar-refractivity contribution in [2.75, 3.05) is 11.9 Å². The number of aromatic nitrogens is 2. The Labute approximate surface area is 98.4 Å². The lowest BCUT2D eigenvalue weighted by molar-refractivity contribution is -0.385. The molecule has 1 saturated heterocycles. The molecule has 2 unspecified atom stereocenters. The summed E-state index contributed by atoms with van der Waals surface area (Å²) in [5, 5.41) is 13.5. The molecule has 2 atom stereocenters. The van der Waals surface area contributed by atoms with Crippen LogP contribution in [-0.2, 0) is 4.74 Å². The van der Waals surface area contributed by atoms with Gasteiger partial charge in [-0.3, -0.25) is 10.1 Å². The van der Waals surface area contributed by atoms with Gasteiger partial charge in [0, 0.05) is 6.61 Å². The van der Waals surface area contributed by atoms with Gasteiger partial charge >= 0.3 is 5.69 Å². The summed E-state index contributed by atoms with van der Waals surface area (Å²) < 4.78 is 5.52. The van der Waals surface area contributed by atoms with Crippen molar-refractivity contribution in [1.29, 1.82) is 0 Å². The van der Waals surface area contributed by atoms with Crippen molar-refractivity contribution in [1.82, 2.24) is 9.97 Å². The summed E-state index contributed by atoms with van der Waals surface area (Å²) in [4.78, 5) is 17.7. The number of nitro groups is 1. The minimum Gasteiger partial charge on any atom is -0.376 e. The largest absolute Gasteiger partial charge is 0.376 e. The molecule has 92 valence electrons. The molecule has 7 nitrogen and oxygen atoms in total. The average Bonchev–Trinajstić information content (AvgIpc) is 2.83. The molecule has 2 heterocycles. The van der Waals surface area contributed by atoms with Gasteiger partial charge < -0.3 is 10.1 Å². The molecular weight excluding hydrogens is 224 g/mol. The number of nitrogens with zero attached hydrogens (tertiary/aromatic N) is 3. The van der Waals surface area contributed by atoms with Gasteiger partial charge in [-0.05, 0) is 19.8 Å². The number of hydrogen-bond acceptors (Lipinski definition) is 6. The number of anilines is 1. The molecule has 7 heteroatoms. The van der Waals surface area contributed by atoms with Crippen LogP contribution in [0.4, 0.5) is 11.6 Å². The molecule has 0 spiro atoms. The lowest BCUT2D eigenvalue weighted by Crippen LogP contribution is -2.30. The van der Waals surface area contributed by atoms with Crippen molar-refractivity contribution < 1.29 is 9.66 Å². The van der Waals surface area contributed by atoms with Crippen LogP contribution in [0.25, 0.3) is 0 Å². The van der Waals surface area contributed by atoms with Gasteiger partial charge in [-0.15, -0.1) is 0 Å². The average molecular weight is 238 g/mol. The van der Waals surface area contributed by atoms with E-state index in [4.69, 9.17) is 4.74 Å². The Kier molecular flexibility index (Phi) is 3.48. The maximum Gasteiger partial charge on any atom is 0.305 e. The summed E-state index contributed by atoms with van der Waals surface area (Å²) >= 11 is 0. The lowest BCUT2D eigenvalue weighted by Gasteiger charge is -2.19. The van der Waals surface area contributed by atoms with Crippen molar-refractivity contribution >= 4 is 11.6 Å². The van der Waals surface area contributed by atoms with Crippen molar-refractivity contribution in [2.45, 2.75) is 31.9 Å². The fourth-order valence-corrected chi connectivity index (χ4v) is 1.78. The van der Waals surface area contributed by atoms with Gasteiger partial charge in [0.05, 0.1) is 17.1 Å². The van der Waals surface area contributed by atoms with Gasteiger partial charge in [-0.1, -0.05) is 0 Å². The predicted octanol–water partition coefficient (Wildman–Crippen LogP) is 1.36. The molecular formula is C10H14N4O3. The summed E-state index contributed by atoms with van der Waals surface area (Å²) in [6, 6.07) is 0.0963. The first-order valence-corrected chi connectivity index (χ1v) is 5.51. The van der Waals surface area contributed by atoms with Gasteiger partial charge in [-0.25, -0.2) is 9.97 Å². The fourth-order valence-electron chi connectivity index (χ4n) is 1.78. The topological polar surface area (TPSA) is 90.2 Å². The molecule has 0 bridgehead atoms. The Hall–Kier alpha value is -1.76. The Morgan fingerprint density at radius 1 is 1.59 bits per heavy atom. The van der Waals surface area contributed by atoms with E-state index in [2.05, 4.69) is 15.3 Å². The van der Waals surface area contributed by atoms with Crippen LogP contribution in [0.1, 0.15) is 19.8 Å². The summed E-state index contributed by atoms with van der Waals surface area (Å²) in [6.45, 7) is 2.78. The molecule has 1 fully saturated rings. The first-order chi connectivity index (χ1) is 8.16. The van der Waals surface area contributed by atoms with Crippen LogP contribution in [0, 0.1) is 10.1 Å². The zero-order valence-corrected chi connectivity index (χ0v) is 9.50. The summed E-state index contributed by atoms with van der Waals surface area (Å²) in [6.07, 6.45) is 4.63. The first-order valence-electron chi connectivity index (χ1n) is 5.51. The van der Waals surface area contributed by atoms with Crippen molar-refractivity contribution in [3.8, 4) is 0 Å². The van der Waals surface area contributed by atoms with Crippen LogP contribution in [0.15, 0.2) is 12.4 Å². The number of hydrogen-bond donors (Lipinski definition) is 1. The van der Waals surface area contributed by atoms with Gasteiger partial charge in [-0.2, -0.15) is 0 Å². The van der Waals surface area contributed by atoms with Crippen LogP contribution in [0.3, 0.4) is 0 Å². The van der Waals surface area contributed by atoms with Crippen LogP contribution in [-0.4, -0.2) is 33.6 Å². The van der Waals surface area contributed by atoms with Crippen LogP contribution < -0.4 is 5.32 Å². The quantitative estimate of drug-likeness (QED) is 0.629. The SMILES string of the molecule is CC(Nc1ncc([N+](=O)[O-])cn1)C1CCCO1. The molecule has 17 heavy (non-hydrogen) atoms. The van der Waals surface area contributed by atoms with E-state index < -0.39 is 4.92 Å². The van der Waals surface area contributed by atoms with E-state index >= 15 is 0 Å². The van der Waals surface area contributed by atoms with E-state index in [0.29, 0.717) is 5.95 Å². The Morgan fingerprint density at radius 2 is 2.29 bits per heavy atom. The second-order valence-electron chi connectivity index (χ2n) is 4.01. The van der Waals surface area contributed by atoms with E-state index in [1.807, 2.05) is 6.92 Å². The minimum absolute atomic E-state index is 0.0963. The molecule has 1 N–H and O–H groups in total. The van der Waals surface area contributed by atoms with Crippen molar-refractivity contribution in [3.05, 3.63) is 22.5 Å².